The lowest BCUT2D eigenvalue weighted by molar-refractivity contribution is 0.0446. The van der Waals surface area contributed by atoms with Crippen LogP contribution in [0.25, 0.3) is 0 Å². The van der Waals surface area contributed by atoms with Gasteiger partial charge in [-0.05, 0) is 42.0 Å². The van der Waals surface area contributed by atoms with Gasteiger partial charge >= 0.3 is 5.97 Å². The fourth-order valence-electron chi connectivity index (χ4n) is 3.78. The lowest BCUT2D eigenvalue weighted by atomic mass is 10.1. The molecular formula is C23H28N2O6. The van der Waals surface area contributed by atoms with E-state index in [1.165, 1.54) is 12.7 Å². The van der Waals surface area contributed by atoms with Crippen LogP contribution in [0.3, 0.4) is 0 Å². The van der Waals surface area contributed by atoms with E-state index in [-0.39, 0.29) is 12.6 Å². The first kappa shape index (κ1) is 21.4. The molecule has 0 aromatic heterocycles. The number of hydrogen-bond acceptors (Lipinski definition) is 8. The average Bonchev–Trinajstić information content (AvgIpc) is 3.27. The summed E-state index contributed by atoms with van der Waals surface area (Å²) >= 11 is 0. The summed E-state index contributed by atoms with van der Waals surface area (Å²) in [6.07, 6.45) is -0.583. The van der Waals surface area contributed by atoms with E-state index in [1.54, 1.807) is 24.3 Å². The molecule has 2 aromatic carbocycles. The summed E-state index contributed by atoms with van der Waals surface area (Å²) < 4.78 is 21.2. The first-order chi connectivity index (χ1) is 15.1. The number of fused-ring (bicyclic) bond motifs is 1. The number of ether oxygens (including phenoxy) is 4. The number of aliphatic hydroxyl groups excluding tert-OH is 1. The van der Waals surface area contributed by atoms with E-state index >= 15 is 0 Å². The van der Waals surface area contributed by atoms with E-state index in [9.17, 15) is 9.90 Å². The third-order valence-corrected chi connectivity index (χ3v) is 5.49. The average molecular weight is 428 g/mol. The van der Waals surface area contributed by atoms with Gasteiger partial charge in [-0.1, -0.05) is 6.07 Å². The molecule has 2 aliphatic rings. The summed E-state index contributed by atoms with van der Waals surface area (Å²) in [5.41, 5.74) is 1.68. The van der Waals surface area contributed by atoms with Crippen LogP contribution in [0.15, 0.2) is 42.5 Å². The Labute approximate surface area is 181 Å². The van der Waals surface area contributed by atoms with Gasteiger partial charge in [0.1, 0.15) is 18.5 Å². The van der Waals surface area contributed by atoms with Gasteiger partial charge in [-0.25, -0.2) is 4.79 Å². The van der Waals surface area contributed by atoms with Gasteiger partial charge in [0.15, 0.2) is 11.5 Å². The molecule has 0 spiro atoms. The summed E-state index contributed by atoms with van der Waals surface area (Å²) in [4.78, 5) is 16.1. The van der Waals surface area contributed by atoms with Crippen molar-refractivity contribution in [2.24, 2.45) is 0 Å². The second kappa shape index (κ2) is 10.00. The van der Waals surface area contributed by atoms with E-state index in [1.807, 2.05) is 12.1 Å². The van der Waals surface area contributed by atoms with Crippen molar-refractivity contribution < 1.29 is 28.8 Å². The number of β-amino-alcohol motifs (C(OH)–C–C–N with tert-alkyl or cyclic N) is 1. The van der Waals surface area contributed by atoms with Crippen LogP contribution >= 0.6 is 0 Å². The Hall–Kier alpha value is -2.81. The molecule has 0 radical (unpaired) electrons. The number of aliphatic hydroxyl groups is 1. The molecule has 4 rings (SSSR count). The molecule has 0 bridgehead atoms. The molecule has 1 atom stereocenters. The van der Waals surface area contributed by atoms with E-state index in [0.29, 0.717) is 24.7 Å². The van der Waals surface area contributed by atoms with E-state index in [0.717, 1.165) is 44.2 Å². The van der Waals surface area contributed by atoms with Crippen molar-refractivity contribution in [2.75, 3.05) is 53.2 Å². The molecule has 0 amide bonds. The third-order valence-electron chi connectivity index (χ3n) is 5.49. The largest absolute Gasteiger partial charge is 0.491 e. The van der Waals surface area contributed by atoms with E-state index < -0.39 is 6.10 Å². The highest BCUT2D eigenvalue weighted by atomic mass is 16.7. The number of nitrogens with zero attached hydrogens (tertiary/aromatic N) is 2. The standard InChI is InChI=1S/C23H28N2O6/c1-28-23(27)18-3-5-20(6-4-18)29-15-19(26)14-25-10-8-24(9-11-25)13-17-2-7-21-22(12-17)31-16-30-21/h2-7,12,19,26H,8-11,13-16H2,1H3/t19-/m0/s1. The Balaban J connectivity index is 1.17. The SMILES string of the molecule is COC(=O)c1ccc(OC[C@@H](O)CN2CCN(Cc3ccc4c(c3)OCO4)CC2)cc1. The molecule has 2 aliphatic heterocycles. The molecule has 2 aromatic rings. The Bertz CT molecular complexity index is 880. The monoisotopic (exact) mass is 428 g/mol. The smallest absolute Gasteiger partial charge is 0.337 e. The number of rotatable bonds is 8. The summed E-state index contributed by atoms with van der Waals surface area (Å²) in [5, 5.41) is 10.4. The molecule has 1 N–H and O–H groups in total. The number of carbonyl (C=O) groups is 1. The molecule has 31 heavy (non-hydrogen) atoms. The number of piperazine rings is 1. The van der Waals surface area contributed by atoms with Crippen molar-refractivity contribution in [3.05, 3.63) is 53.6 Å². The van der Waals surface area contributed by atoms with Gasteiger partial charge in [0.25, 0.3) is 0 Å². The molecule has 1 fully saturated rings. The van der Waals surface area contributed by atoms with Crippen LogP contribution in [0.2, 0.25) is 0 Å². The quantitative estimate of drug-likeness (QED) is 0.637. The molecule has 1 saturated heterocycles. The maximum Gasteiger partial charge on any atom is 0.337 e. The first-order valence-electron chi connectivity index (χ1n) is 10.4. The van der Waals surface area contributed by atoms with Crippen LogP contribution < -0.4 is 14.2 Å². The number of carbonyl (C=O) groups excluding carboxylic acids is 1. The molecule has 166 valence electrons. The van der Waals surface area contributed by atoms with E-state index in [2.05, 4.69) is 20.6 Å². The summed E-state index contributed by atoms with van der Waals surface area (Å²) in [6.45, 7) is 5.62. The summed E-state index contributed by atoms with van der Waals surface area (Å²) in [6, 6.07) is 12.8. The van der Waals surface area contributed by atoms with Crippen molar-refractivity contribution in [3.8, 4) is 17.2 Å². The van der Waals surface area contributed by atoms with Crippen LogP contribution in [-0.4, -0.2) is 80.2 Å². The van der Waals surface area contributed by atoms with Crippen molar-refractivity contribution in [1.82, 2.24) is 9.80 Å². The van der Waals surface area contributed by atoms with Crippen LogP contribution in [0.4, 0.5) is 0 Å². The van der Waals surface area contributed by atoms with Gasteiger partial charge in [-0.2, -0.15) is 0 Å². The van der Waals surface area contributed by atoms with Gasteiger partial charge in [0.05, 0.1) is 12.7 Å². The van der Waals surface area contributed by atoms with Crippen molar-refractivity contribution >= 4 is 5.97 Å². The zero-order valence-corrected chi connectivity index (χ0v) is 17.7. The molecule has 0 aliphatic carbocycles. The molecular weight excluding hydrogens is 400 g/mol. The van der Waals surface area contributed by atoms with Gasteiger partial charge in [-0.15, -0.1) is 0 Å². The normalized spacial score (nSPS) is 17.4. The minimum Gasteiger partial charge on any atom is -0.491 e. The minimum absolute atomic E-state index is 0.203. The number of benzene rings is 2. The maximum absolute atomic E-state index is 11.5. The van der Waals surface area contributed by atoms with Gasteiger partial charge in [-0.3, -0.25) is 9.80 Å². The van der Waals surface area contributed by atoms with Gasteiger partial charge < -0.3 is 24.1 Å². The number of hydrogen-bond donors (Lipinski definition) is 1. The lowest BCUT2D eigenvalue weighted by Gasteiger charge is -2.35. The highest BCUT2D eigenvalue weighted by Crippen LogP contribution is 2.32. The number of esters is 1. The van der Waals surface area contributed by atoms with Crippen molar-refractivity contribution in [3.63, 3.8) is 0 Å². The number of methoxy groups -OCH3 is 1. The van der Waals surface area contributed by atoms with Crippen molar-refractivity contribution in [2.45, 2.75) is 12.6 Å². The second-order valence-electron chi connectivity index (χ2n) is 7.75. The fourth-order valence-corrected chi connectivity index (χ4v) is 3.78. The predicted molar refractivity (Wildman–Crippen MR) is 114 cm³/mol. The van der Waals surface area contributed by atoms with Crippen molar-refractivity contribution in [1.29, 1.82) is 0 Å². The van der Waals surface area contributed by atoms with E-state index in [4.69, 9.17) is 14.2 Å². The van der Waals surface area contributed by atoms with Crippen LogP contribution in [-0.2, 0) is 11.3 Å². The molecule has 0 saturated carbocycles. The molecule has 8 nitrogen and oxygen atoms in total. The van der Waals surface area contributed by atoms with Gasteiger partial charge in [0.2, 0.25) is 6.79 Å². The van der Waals surface area contributed by atoms with Crippen LogP contribution in [0.1, 0.15) is 15.9 Å². The Morgan fingerprint density at radius 3 is 2.48 bits per heavy atom. The highest BCUT2D eigenvalue weighted by molar-refractivity contribution is 5.89. The fraction of sp³-hybridized carbons (Fsp3) is 0.435. The van der Waals surface area contributed by atoms with Crippen LogP contribution in [0, 0.1) is 0 Å². The summed E-state index contributed by atoms with van der Waals surface area (Å²) in [5.74, 6) is 1.85. The maximum atomic E-state index is 11.5. The lowest BCUT2D eigenvalue weighted by Crippen LogP contribution is -2.48. The predicted octanol–water partition coefficient (Wildman–Crippen LogP) is 1.76. The Morgan fingerprint density at radius 1 is 1.03 bits per heavy atom. The molecule has 8 heteroatoms. The highest BCUT2D eigenvalue weighted by Gasteiger charge is 2.21. The zero-order chi connectivity index (χ0) is 21.6. The Kier molecular flexibility index (Phi) is 6.91. The molecule has 2 heterocycles. The Morgan fingerprint density at radius 2 is 1.74 bits per heavy atom. The summed E-state index contributed by atoms with van der Waals surface area (Å²) in [7, 11) is 1.35. The minimum atomic E-state index is -0.583. The second-order valence-corrected chi connectivity index (χ2v) is 7.75. The zero-order valence-electron chi connectivity index (χ0n) is 17.7. The first-order valence-corrected chi connectivity index (χ1v) is 10.4. The topological polar surface area (TPSA) is 80.7 Å². The molecule has 0 unspecified atom stereocenters. The third kappa shape index (κ3) is 5.66. The van der Waals surface area contributed by atoms with Crippen LogP contribution in [0.5, 0.6) is 17.2 Å². The van der Waals surface area contributed by atoms with Gasteiger partial charge in [0, 0.05) is 39.3 Å².